The molecule has 0 spiro atoms. The van der Waals surface area contributed by atoms with Crippen LogP contribution in [0.15, 0.2) is 4.99 Å². The Morgan fingerprint density at radius 1 is 1.41 bits per heavy atom. The number of aliphatic imine (C=N–C) groups is 1. The van der Waals surface area contributed by atoms with Crippen LogP contribution in [0.4, 0.5) is 0 Å². The molecule has 0 saturated heterocycles. The minimum absolute atomic E-state index is 0.182. The van der Waals surface area contributed by atoms with E-state index in [1.165, 1.54) is 0 Å². The summed E-state index contributed by atoms with van der Waals surface area (Å²) in [6.07, 6.45) is 0.749. The van der Waals surface area contributed by atoms with Crippen molar-refractivity contribution in [3.63, 3.8) is 0 Å². The summed E-state index contributed by atoms with van der Waals surface area (Å²) in [5.74, 6) is 0.579. The molecule has 0 amide bonds. The molecule has 0 atom stereocenters. The zero-order valence-corrected chi connectivity index (χ0v) is 11.2. The maximum Gasteiger partial charge on any atom is 0.320 e. The van der Waals surface area contributed by atoms with Crippen LogP contribution in [0.25, 0.3) is 0 Å². The van der Waals surface area contributed by atoms with Crippen molar-refractivity contribution in [3.05, 3.63) is 0 Å². The van der Waals surface area contributed by atoms with Gasteiger partial charge in [0.25, 0.3) is 0 Å². The number of ether oxygens (including phenoxy) is 2. The first-order chi connectivity index (χ1) is 7.90. The fraction of sp³-hybridized carbons (Fsp3) is 0.833. The second-order valence-electron chi connectivity index (χ2n) is 5.09. The van der Waals surface area contributed by atoms with E-state index in [0.29, 0.717) is 13.1 Å². The van der Waals surface area contributed by atoms with Gasteiger partial charge in [0, 0.05) is 19.5 Å². The van der Waals surface area contributed by atoms with Crippen LogP contribution in [-0.4, -0.2) is 55.7 Å². The second kappa shape index (κ2) is 6.00. The predicted octanol–water partition coefficient (Wildman–Crippen LogP) is 1.08. The van der Waals surface area contributed by atoms with Crippen LogP contribution >= 0.6 is 0 Å². The molecular formula is C12H22N2O3. The lowest BCUT2D eigenvalue weighted by molar-refractivity contribution is -0.156. The Bertz CT molecular complexity index is 295. The lowest BCUT2D eigenvalue weighted by atomic mass is 10.2. The number of esters is 1. The highest BCUT2D eigenvalue weighted by molar-refractivity contribution is 5.76. The number of hydrogen-bond donors (Lipinski definition) is 0. The van der Waals surface area contributed by atoms with Crippen LogP contribution in [-0.2, 0) is 14.3 Å². The van der Waals surface area contributed by atoms with E-state index in [9.17, 15) is 4.79 Å². The molecule has 0 aromatic heterocycles. The van der Waals surface area contributed by atoms with Gasteiger partial charge in [0.2, 0.25) is 0 Å². The molecule has 0 aromatic rings. The fourth-order valence-electron chi connectivity index (χ4n) is 1.64. The Balaban J connectivity index is 2.36. The van der Waals surface area contributed by atoms with Gasteiger partial charge >= 0.3 is 5.97 Å². The lowest BCUT2D eigenvalue weighted by Crippen LogP contribution is -2.36. The average Bonchev–Trinajstić information content (AvgIpc) is 2.40. The highest BCUT2D eigenvalue weighted by atomic mass is 16.6. The zero-order valence-electron chi connectivity index (χ0n) is 11.2. The van der Waals surface area contributed by atoms with Crippen LogP contribution in [0.5, 0.6) is 0 Å². The quantitative estimate of drug-likeness (QED) is 0.680. The van der Waals surface area contributed by atoms with Crippen molar-refractivity contribution < 1.29 is 14.3 Å². The van der Waals surface area contributed by atoms with Crippen LogP contribution in [0.1, 0.15) is 27.2 Å². The first-order valence-corrected chi connectivity index (χ1v) is 5.92. The molecule has 0 N–H and O–H groups in total. The summed E-state index contributed by atoms with van der Waals surface area (Å²) >= 11 is 0. The van der Waals surface area contributed by atoms with Crippen LogP contribution in [0.2, 0.25) is 0 Å². The molecule has 0 radical (unpaired) electrons. The molecule has 0 unspecified atom stereocenters. The molecule has 0 saturated carbocycles. The van der Waals surface area contributed by atoms with E-state index in [1.54, 1.807) is 7.11 Å². The van der Waals surface area contributed by atoms with Crippen molar-refractivity contribution in [2.75, 3.05) is 33.3 Å². The monoisotopic (exact) mass is 242 g/mol. The molecule has 0 aliphatic carbocycles. The maximum atomic E-state index is 11.7. The normalized spacial score (nSPS) is 18.2. The average molecular weight is 242 g/mol. The Hall–Kier alpha value is -1.10. The molecule has 1 rings (SSSR count). The first kappa shape index (κ1) is 14.0. The number of methoxy groups -OCH3 is 1. The predicted molar refractivity (Wildman–Crippen MR) is 66.2 cm³/mol. The third-order valence-electron chi connectivity index (χ3n) is 2.35. The van der Waals surface area contributed by atoms with Crippen LogP contribution in [0, 0.1) is 0 Å². The second-order valence-corrected chi connectivity index (χ2v) is 5.09. The van der Waals surface area contributed by atoms with E-state index < -0.39 is 5.60 Å². The standard InChI is InChI=1S/C12H22N2O3/c1-12(2,3)17-11(15)9-14-7-5-10(16-4)13-6-8-14/h5-9H2,1-4H3. The summed E-state index contributed by atoms with van der Waals surface area (Å²) in [6, 6.07) is 0. The Labute approximate surface area is 103 Å². The number of carbonyl (C=O) groups excluding carboxylic acids is 1. The molecular weight excluding hydrogens is 220 g/mol. The summed E-state index contributed by atoms with van der Waals surface area (Å²) in [4.78, 5) is 18.0. The van der Waals surface area contributed by atoms with E-state index in [1.807, 2.05) is 25.7 Å². The van der Waals surface area contributed by atoms with Gasteiger partial charge in [-0.15, -0.1) is 0 Å². The molecule has 17 heavy (non-hydrogen) atoms. The van der Waals surface area contributed by atoms with Gasteiger partial charge in [-0.05, 0) is 20.8 Å². The Morgan fingerprint density at radius 2 is 2.12 bits per heavy atom. The largest absolute Gasteiger partial charge is 0.484 e. The summed E-state index contributed by atoms with van der Waals surface area (Å²) in [5, 5.41) is 0. The van der Waals surface area contributed by atoms with Crippen molar-refractivity contribution in [1.29, 1.82) is 0 Å². The van der Waals surface area contributed by atoms with Gasteiger partial charge in [0.1, 0.15) is 5.60 Å². The highest BCUT2D eigenvalue weighted by Gasteiger charge is 2.20. The number of carbonyl (C=O) groups is 1. The zero-order chi connectivity index (χ0) is 12.9. The first-order valence-electron chi connectivity index (χ1n) is 5.92. The molecule has 0 fully saturated rings. The fourth-order valence-corrected chi connectivity index (χ4v) is 1.64. The third-order valence-corrected chi connectivity index (χ3v) is 2.35. The SMILES string of the molecule is COC1=NCCN(CC(=O)OC(C)(C)C)CC1. The maximum absolute atomic E-state index is 11.7. The summed E-state index contributed by atoms with van der Waals surface area (Å²) in [7, 11) is 1.63. The van der Waals surface area contributed by atoms with E-state index in [4.69, 9.17) is 9.47 Å². The molecule has 1 aliphatic rings. The molecule has 1 aliphatic heterocycles. The third kappa shape index (κ3) is 5.68. The van der Waals surface area contributed by atoms with Gasteiger partial charge in [-0.1, -0.05) is 0 Å². The minimum Gasteiger partial charge on any atom is -0.484 e. The molecule has 1 heterocycles. The summed E-state index contributed by atoms with van der Waals surface area (Å²) in [6.45, 7) is 8.17. The van der Waals surface area contributed by atoms with E-state index in [-0.39, 0.29) is 5.97 Å². The summed E-state index contributed by atoms with van der Waals surface area (Å²) in [5.41, 5.74) is -0.420. The molecule has 0 bridgehead atoms. The smallest absolute Gasteiger partial charge is 0.320 e. The van der Waals surface area contributed by atoms with E-state index in [0.717, 1.165) is 25.4 Å². The Morgan fingerprint density at radius 3 is 2.71 bits per heavy atom. The van der Waals surface area contributed by atoms with Crippen molar-refractivity contribution >= 4 is 11.9 Å². The van der Waals surface area contributed by atoms with Crippen molar-refractivity contribution in [2.24, 2.45) is 4.99 Å². The molecule has 98 valence electrons. The molecule has 0 aromatic carbocycles. The van der Waals surface area contributed by atoms with Crippen molar-refractivity contribution in [2.45, 2.75) is 32.8 Å². The van der Waals surface area contributed by atoms with Gasteiger partial charge in [-0.3, -0.25) is 14.7 Å². The van der Waals surface area contributed by atoms with Gasteiger partial charge in [-0.2, -0.15) is 0 Å². The summed E-state index contributed by atoms with van der Waals surface area (Å²) < 4.78 is 10.4. The minimum atomic E-state index is -0.420. The van der Waals surface area contributed by atoms with Gasteiger partial charge in [0.15, 0.2) is 5.90 Å². The van der Waals surface area contributed by atoms with Gasteiger partial charge in [0.05, 0.1) is 20.2 Å². The number of hydrogen-bond acceptors (Lipinski definition) is 5. The van der Waals surface area contributed by atoms with Gasteiger partial charge < -0.3 is 9.47 Å². The topological polar surface area (TPSA) is 51.1 Å². The highest BCUT2D eigenvalue weighted by Crippen LogP contribution is 2.08. The molecule has 5 nitrogen and oxygen atoms in total. The Kier molecular flexibility index (Phi) is 4.93. The van der Waals surface area contributed by atoms with Crippen molar-refractivity contribution in [1.82, 2.24) is 4.90 Å². The van der Waals surface area contributed by atoms with Crippen LogP contribution < -0.4 is 0 Å². The van der Waals surface area contributed by atoms with Crippen molar-refractivity contribution in [3.8, 4) is 0 Å². The van der Waals surface area contributed by atoms with E-state index >= 15 is 0 Å². The number of rotatable bonds is 2. The number of nitrogens with zero attached hydrogens (tertiary/aromatic N) is 2. The lowest BCUT2D eigenvalue weighted by Gasteiger charge is -2.23. The van der Waals surface area contributed by atoms with E-state index in [2.05, 4.69) is 4.99 Å². The van der Waals surface area contributed by atoms with Gasteiger partial charge in [-0.25, -0.2) is 0 Å². The van der Waals surface area contributed by atoms with Crippen LogP contribution in [0.3, 0.4) is 0 Å². The molecule has 5 heteroatoms.